The van der Waals surface area contributed by atoms with Gasteiger partial charge >= 0.3 is 30.0 Å². The summed E-state index contributed by atoms with van der Waals surface area (Å²) in [6.07, 6.45) is 0. The summed E-state index contributed by atoms with van der Waals surface area (Å²) in [6, 6.07) is 13.3. The van der Waals surface area contributed by atoms with E-state index in [9.17, 15) is 8.78 Å². The van der Waals surface area contributed by atoms with E-state index in [1.54, 1.807) is 12.1 Å². The Morgan fingerprint density at radius 1 is 1.11 bits per heavy atom. The van der Waals surface area contributed by atoms with E-state index in [2.05, 4.69) is 19.7 Å². The fourth-order valence-electron chi connectivity index (χ4n) is 1.27. The van der Waals surface area contributed by atoms with E-state index in [-0.39, 0.29) is 12.4 Å². The summed E-state index contributed by atoms with van der Waals surface area (Å²) in [4.78, 5) is 0. The molecular formula is C13H9BrF2OZn. The maximum absolute atomic E-state index is 13.2. The van der Waals surface area contributed by atoms with E-state index in [4.69, 9.17) is 4.74 Å². The van der Waals surface area contributed by atoms with E-state index in [0.717, 1.165) is 17.7 Å². The minimum atomic E-state index is -0.692. The van der Waals surface area contributed by atoms with Crippen molar-refractivity contribution in [3.63, 3.8) is 0 Å². The second-order valence-electron chi connectivity index (χ2n) is 3.27. The molecule has 0 fully saturated rings. The van der Waals surface area contributed by atoms with Gasteiger partial charge in [0.2, 0.25) is 0 Å². The molecule has 0 aliphatic carbocycles. The third-order valence-electron chi connectivity index (χ3n) is 2.08. The van der Waals surface area contributed by atoms with Crippen LogP contribution in [0, 0.1) is 17.7 Å². The quantitative estimate of drug-likeness (QED) is 0.586. The number of rotatable bonds is 3. The fraction of sp³-hybridized carbons (Fsp3) is 0.0769. The van der Waals surface area contributed by atoms with Crippen molar-refractivity contribution < 1.29 is 29.9 Å². The Morgan fingerprint density at radius 3 is 2.39 bits per heavy atom. The number of hydrogen-bond acceptors (Lipinski definition) is 1. The summed E-state index contributed by atoms with van der Waals surface area (Å²) in [6.45, 7) is 0.247. The summed E-state index contributed by atoms with van der Waals surface area (Å²) < 4.78 is 31.0. The van der Waals surface area contributed by atoms with Crippen molar-refractivity contribution >= 4 is 13.6 Å². The van der Waals surface area contributed by atoms with E-state index < -0.39 is 11.6 Å². The molecule has 18 heavy (non-hydrogen) atoms. The zero-order valence-corrected chi connectivity index (χ0v) is 14.1. The van der Waals surface area contributed by atoms with Crippen molar-refractivity contribution in [3.8, 4) is 5.75 Å². The van der Waals surface area contributed by atoms with Gasteiger partial charge < -0.3 is 4.74 Å². The zero-order chi connectivity index (χ0) is 13.4. The first-order valence-corrected chi connectivity index (χ1v) is 12.0. The second kappa shape index (κ2) is 8.33. The van der Waals surface area contributed by atoms with Gasteiger partial charge in [0.05, 0.1) is 6.61 Å². The van der Waals surface area contributed by atoms with Crippen LogP contribution >= 0.6 is 13.6 Å². The van der Waals surface area contributed by atoms with Crippen molar-refractivity contribution in [3.05, 3.63) is 65.7 Å². The van der Waals surface area contributed by atoms with Gasteiger partial charge in [-0.05, 0) is 12.1 Å². The van der Waals surface area contributed by atoms with Gasteiger partial charge in [-0.2, -0.15) is 30.3 Å². The molecule has 1 nitrogen and oxygen atoms in total. The van der Waals surface area contributed by atoms with Gasteiger partial charge in [0.25, 0.3) is 0 Å². The molecule has 0 radical (unpaired) electrons. The van der Waals surface area contributed by atoms with Crippen LogP contribution in [0.25, 0.3) is 0 Å². The van der Waals surface area contributed by atoms with Gasteiger partial charge in [0.15, 0.2) is 11.6 Å². The van der Waals surface area contributed by atoms with Crippen molar-refractivity contribution in [1.82, 2.24) is 0 Å². The van der Waals surface area contributed by atoms with Gasteiger partial charge in [-0.25, -0.2) is 8.78 Å². The van der Waals surface area contributed by atoms with Gasteiger partial charge in [-0.1, -0.05) is 0 Å². The van der Waals surface area contributed by atoms with E-state index >= 15 is 0 Å². The predicted octanol–water partition coefficient (Wildman–Crippen LogP) is 4.19. The Balaban J connectivity index is 0.000000771. The molecule has 0 saturated carbocycles. The molecule has 0 amide bonds. The normalized spacial score (nSPS) is 9.39. The standard InChI is InChI=1S/C13H9F2O.BrH.Zn/c14-11-6-7-13(12(15)8-11)16-9-10-4-2-1-3-5-10;;/h2-8H,9H2;1H;/q-1;;+2/p-1. The zero-order valence-electron chi connectivity index (χ0n) is 9.50. The third kappa shape index (κ3) is 4.83. The third-order valence-corrected chi connectivity index (χ3v) is 2.08. The summed E-state index contributed by atoms with van der Waals surface area (Å²) in [5, 5.41) is 0. The molecule has 2 aromatic rings. The topological polar surface area (TPSA) is 9.23 Å². The molecule has 0 aliphatic rings. The molecule has 0 unspecified atom stereocenters. The number of benzene rings is 2. The monoisotopic (exact) mass is 362 g/mol. The van der Waals surface area contributed by atoms with E-state index in [1.807, 2.05) is 12.1 Å². The molecule has 5 heteroatoms. The van der Waals surface area contributed by atoms with Crippen LogP contribution in [0.5, 0.6) is 5.75 Å². The van der Waals surface area contributed by atoms with Crippen LogP contribution in [0.15, 0.2) is 42.5 Å². The van der Waals surface area contributed by atoms with E-state index in [0.29, 0.717) is 0 Å². The van der Waals surface area contributed by atoms with Gasteiger partial charge in [-0.3, -0.25) is 0 Å². The first-order valence-electron chi connectivity index (χ1n) is 5.05. The van der Waals surface area contributed by atoms with Crippen LogP contribution in [-0.4, -0.2) is 0 Å². The minimum absolute atomic E-state index is 0.0502. The van der Waals surface area contributed by atoms with Crippen molar-refractivity contribution in [2.45, 2.75) is 6.61 Å². The summed E-state index contributed by atoms with van der Waals surface area (Å²) in [7, 11) is 0. The van der Waals surface area contributed by atoms with Crippen molar-refractivity contribution in [2.75, 3.05) is 0 Å². The Kier molecular flexibility index (Phi) is 7.06. The molecular weight excluding hydrogens is 355 g/mol. The predicted molar refractivity (Wildman–Crippen MR) is 64.9 cm³/mol. The molecule has 0 aromatic heterocycles. The van der Waals surface area contributed by atoms with Crippen LogP contribution in [-0.2, 0) is 22.9 Å². The molecule has 0 saturated heterocycles. The molecule has 2 rings (SSSR count). The molecule has 0 aliphatic heterocycles. The first kappa shape index (κ1) is 15.3. The Labute approximate surface area is 121 Å². The van der Waals surface area contributed by atoms with Crippen LogP contribution in [0.3, 0.4) is 0 Å². The molecule has 0 heterocycles. The number of halogens is 3. The molecule has 0 bridgehead atoms. The van der Waals surface area contributed by atoms with Crippen LogP contribution in [0.4, 0.5) is 8.78 Å². The number of ether oxygens (including phenoxy) is 1. The molecule has 0 atom stereocenters. The molecule has 90 valence electrons. The van der Waals surface area contributed by atoms with E-state index in [1.165, 1.54) is 22.4 Å². The second-order valence-corrected chi connectivity index (χ2v) is 3.27. The SMILES string of the molecule is Fc1ccc(OCc2cc[c-]cc2)c(F)c1.[Zn+][Br]. The molecule has 2 aromatic carbocycles. The summed E-state index contributed by atoms with van der Waals surface area (Å²) in [5.74, 6) is -1.25. The van der Waals surface area contributed by atoms with Gasteiger partial charge in [-0.15, -0.1) is 5.56 Å². The van der Waals surface area contributed by atoms with Gasteiger partial charge in [0.1, 0.15) is 5.82 Å². The summed E-state index contributed by atoms with van der Waals surface area (Å²) >= 11 is 4.25. The van der Waals surface area contributed by atoms with Crippen LogP contribution in [0.1, 0.15) is 5.56 Å². The number of hydrogen-bond donors (Lipinski definition) is 0. The van der Waals surface area contributed by atoms with Crippen molar-refractivity contribution in [2.24, 2.45) is 0 Å². The fourth-order valence-corrected chi connectivity index (χ4v) is 1.27. The Bertz CT molecular complexity index is 480. The molecule has 0 spiro atoms. The van der Waals surface area contributed by atoms with Crippen molar-refractivity contribution in [1.29, 1.82) is 0 Å². The van der Waals surface area contributed by atoms with Gasteiger partial charge in [0, 0.05) is 6.07 Å². The van der Waals surface area contributed by atoms with Crippen LogP contribution in [0.2, 0.25) is 0 Å². The average molecular weight is 365 g/mol. The Hall–Kier alpha value is -0.797. The molecule has 0 N–H and O–H groups in total. The summed E-state index contributed by atoms with van der Waals surface area (Å²) in [5.41, 5.74) is 0.905. The Morgan fingerprint density at radius 2 is 1.78 bits per heavy atom. The first-order chi connectivity index (χ1) is 8.75. The van der Waals surface area contributed by atoms with Crippen LogP contribution < -0.4 is 4.74 Å². The average Bonchev–Trinajstić information content (AvgIpc) is 2.41. The maximum atomic E-state index is 13.2.